The third kappa shape index (κ3) is 6.66. The number of carboxylic acids is 1. The maximum Gasteiger partial charge on any atom is 0.337 e. The second-order valence-electron chi connectivity index (χ2n) is 7.78. The van der Waals surface area contributed by atoms with Crippen LogP contribution in [0.4, 0.5) is 5.82 Å². The summed E-state index contributed by atoms with van der Waals surface area (Å²) in [6.45, 7) is 5.69. The molecule has 168 valence electrons. The topological polar surface area (TPSA) is 111 Å². The van der Waals surface area contributed by atoms with Crippen LogP contribution in [-0.2, 0) is 0 Å². The van der Waals surface area contributed by atoms with E-state index >= 15 is 0 Å². The number of allylic oxidation sites excluding steroid dienone is 3. The van der Waals surface area contributed by atoms with Crippen LogP contribution in [0.5, 0.6) is 11.8 Å². The van der Waals surface area contributed by atoms with E-state index in [2.05, 4.69) is 33.5 Å². The van der Waals surface area contributed by atoms with Crippen molar-refractivity contribution in [1.29, 1.82) is 0 Å². The number of pyridine rings is 2. The second-order valence-corrected chi connectivity index (χ2v) is 7.78. The van der Waals surface area contributed by atoms with Crippen LogP contribution in [0.3, 0.4) is 0 Å². The van der Waals surface area contributed by atoms with Crippen LogP contribution in [0.25, 0.3) is 0 Å². The van der Waals surface area contributed by atoms with Gasteiger partial charge in [0, 0.05) is 24.8 Å². The van der Waals surface area contributed by atoms with E-state index in [1.165, 1.54) is 30.0 Å². The molecule has 8 nitrogen and oxygen atoms in total. The fraction of sp³-hybridized carbons (Fsp3) is 0.333. The van der Waals surface area contributed by atoms with E-state index in [1.807, 2.05) is 20.8 Å². The van der Waals surface area contributed by atoms with Crippen LogP contribution in [0.2, 0.25) is 0 Å². The molecular formula is C24H27N3O5. The highest BCUT2D eigenvalue weighted by Gasteiger charge is 2.16. The molecule has 2 N–H and O–H groups in total. The average Bonchev–Trinajstić information content (AvgIpc) is 2.74. The van der Waals surface area contributed by atoms with Gasteiger partial charge in [-0.15, -0.1) is 0 Å². The minimum Gasteiger partial charge on any atom is -0.478 e. The van der Waals surface area contributed by atoms with Crippen LogP contribution < -0.4 is 14.8 Å². The minimum absolute atomic E-state index is 0.0344. The molecule has 2 heterocycles. The Hall–Kier alpha value is -3.68. The molecule has 0 unspecified atom stereocenters. The highest BCUT2D eigenvalue weighted by Crippen LogP contribution is 2.23. The number of carbonyl (C=O) groups excluding carboxylic acids is 1. The van der Waals surface area contributed by atoms with E-state index in [4.69, 9.17) is 14.6 Å². The number of aromatic carboxylic acids is 1. The Morgan fingerprint density at radius 2 is 1.84 bits per heavy atom. The summed E-state index contributed by atoms with van der Waals surface area (Å²) in [6, 6.07) is 5.88. The summed E-state index contributed by atoms with van der Waals surface area (Å²) in [6.07, 6.45) is 10.2. The smallest absolute Gasteiger partial charge is 0.337 e. The lowest BCUT2D eigenvalue weighted by molar-refractivity contribution is 0.0696. The van der Waals surface area contributed by atoms with Crippen molar-refractivity contribution in [1.82, 2.24) is 9.97 Å². The molecule has 2 aromatic heterocycles. The number of carboxylic acid groups (broad SMARTS) is 1. The lowest BCUT2D eigenvalue weighted by Crippen LogP contribution is -2.17. The first-order valence-electron chi connectivity index (χ1n) is 10.5. The monoisotopic (exact) mass is 437 g/mol. The van der Waals surface area contributed by atoms with Gasteiger partial charge in [0.05, 0.1) is 17.2 Å². The van der Waals surface area contributed by atoms with Crippen molar-refractivity contribution in [2.45, 2.75) is 52.2 Å². The molecule has 0 saturated carbocycles. The summed E-state index contributed by atoms with van der Waals surface area (Å²) in [4.78, 5) is 32.1. The number of aromatic nitrogens is 2. The number of hydrogen-bond acceptors (Lipinski definition) is 6. The first-order valence-corrected chi connectivity index (χ1v) is 10.5. The molecule has 0 radical (unpaired) electrons. The van der Waals surface area contributed by atoms with Gasteiger partial charge in [-0.2, -0.15) is 4.98 Å². The van der Waals surface area contributed by atoms with Gasteiger partial charge in [0.25, 0.3) is 5.91 Å². The van der Waals surface area contributed by atoms with Gasteiger partial charge in [-0.05, 0) is 51.3 Å². The molecule has 8 heteroatoms. The van der Waals surface area contributed by atoms with Crippen molar-refractivity contribution in [2.24, 2.45) is 0 Å². The van der Waals surface area contributed by atoms with Crippen molar-refractivity contribution in [2.75, 3.05) is 5.32 Å². The number of carbonyl (C=O) groups is 2. The maximum atomic E-state index is 12.8. The Kier molecular flexibility index (Phi) is 7.59. The number of hydrogen-bond donors (Lipinski definition) is 2. The standard InChI is InChI=1S/C24H27N3O5/c1-15(2)31-21-12-19(23(28)26-20-10-9-18(14-25-20)24(29)30)13-22(27-21)32-16(3)11-17-7-5-4-6-8-17/h5,7-10,12-16H,4,6,11H2,1-3H3,(H,29,30)(H,25,26,28)/t16-/m1/s1. The van der Waals surface area contributed by atoms with E-state index in [9.17, 15) is 9.59 Å². The number of anilines is 1. The largest absolute Gasteiger partial charge is 0.478 e. The quantitative estimate of drug-likeness (QED) is 0.587. The van der Waals surface area contributed by atoms with Crippen molar-refractivity contribution in [3.05, 3.63) is 65.4 Å². The molecule has 1 aliphatic rings. The SMILES string of the molecule is CC(C)Oc1cc(C(=O)Nc2ccc(C(=O)O)cn2)cc(O[C@H](C)CC2=CCCC=C2)n1. The lowest BCUT2D eigenvalue weighted by Gasteiger charge is -2.18. The zero-order chi connectivity index (χ0) is 23.1. The first-order chi connectivity index (χ1) is 15.3. The van der Waals surface area contributed by atoms with Gasteiger partial charge in [0.1, 0.15) is 11.9 Å². The van der Waals surface area contributed by atoms with E-state index in [0.717, 1.165) is 19.3 Å². The summed E-state index contributed by atoms with van der Waals surface area (Å²) in [7, 11) is 0. The van der Waals surface area contributed by atoms with Crippen molar-refractivity contribution < 1.29 is 24.2 Å². The Labute approximate surface area is 187 Å². The summed E-state index contributed by atoms with van der Waals surface area (Å²) < 4.78 is 11.7. The predicted octanol–water partition coefficient (Wildman–Crippen LogP) is 4.65. The molecule has 32 heavy (non-hydrogen) atoms. The van der Waals surface area contributed by atoms with Crippen molar-refractivity contribution in [3.63, 3.8) is 0 Å². The van der Waals surface area contributed by atoms with Crippen LogP contribution in [-0.4, -0.2) is 39.2 Å². The summed E-state index contributed by atoms with van der Waals surface area (Å²) in [5, 5.41) is 11.6. The molecule has 1 amide bonds. The van der Waals surface area contributed by atoms with Crippen LogP contribution in [0.15, 0.2) is 54.3 Å². The fourth-order valence-electron chi connectivity index (χ4n) is 3.16. The van der Waals surface area contributed by atoms with Gasteiger partial charge in [0.15, 0.2) is 0 Å². The highest BCUT2D eigenvalue weighted by molar-refractivity contribution is 6.04. The fourth-order valence-corrected chi connectivity index (χ4v) is 3.16. The molecule has 1 atom stereocenters. The number of rotatable bonds is 9. The Balaban J connectivity index is 1.76. The first kappa shape index (κ1) is 23.0. The predicted molar refractivity (Wildman–Crippen MR) is 120 cm³/mol. The Morgan fingerprint density at radius 3 is 2.44 bits per heavy atom. The number of nitrogens with zero attached hydrogens (tertiary/aromatic N) is 2. The molecular weight excluding hydrogens is 410 g/mol. The third-order valence-corrected chi connectivity index (χ3v) is 4.57. The Morgan fingerprint density at radius 1 is 1.09 bits per heavy atom. The molecule has 0 saturated heterocycles. The van der Waals surface area contributed by atoms with Gasteiger partial charge in [-0.1, -0.05) is 18.2 Å². The van der Waals surface area contributed by atoms with Gasteiger partial charge >= 0.3 is 5.97 Å². The lowest BCUT2D eigenvalue weighted by atomic mass is 10.0. The van der Waals surface area contributed by atoms with Gasteiger partial charge < -0.3 is 19.9 Å². The van der Waals surface area contributed by atoms with Crippen LogP contribution >= 0.6 is 0 Å². The summed E-state index contributed by atoms with van der Waals surface area (Å²) in [5.41, 5.74) is 1.54. The molecule has 0 bridgehead atoms. The molecule has 0 aliphatic heterocycles. The number of nitrogens with one attached hydrogen (secondary N) is 1. The molecule has 2 aromatic rings. The van der Waals surface area contributed by atoms with Crippen LogP contribution in [0, 0.1) is 0 Å². The molecule has 1 aliphatic carbocycles. The molecule has 0 fully saturated rings. The Bertz CT molecular complexity index is 1030. The van der Waals surface area contributed by atoms with E-state index < -0.39 is 11.9 Å². The van der Waals surface area contributed by atoms with E-state index in [1.54, 1.807) is 6.07 Å². The molecule has 3 rings (SSSR count). The van der Waals surface area contributed by atoms with Gasteiger partial charge in [0.2, 0.25) is 11.8 Å². The molecule has 0 aromatic carbocycles. The van der Waals surface area contributed by atoms with E-state index in [0.29, 0.717) is 5.56 Å². The zero-order valence-corrected chi connectivity index (χ0v) is 18.4. The average molecular weight is 437 g/mol. The molecule has 0 spiro atoms. The maximum absolute atomic E-state index is 12.8. The highest BCUT2D eigenvalue weighted by atomic mass is 16.5. The van der Waals surface area contributed by atoms with Gasteiger partial charge in [-0.3, -0.25) is 4.79 Å². The third-order valence-electron chi connectivity index (χ3n) is 4.57. The zero-order valence-electron chi connectivity index (χ0n) is 18.4. The second kappa shape index (κ2) is 10.6. The summed E-state index contributed by atoms with van der Waals surface area (Å²) >= 11 is 0. The minimum atomic E-state index is -1.09. The van der Waals surface area contributed by atoms with Crippen molar-refractivity contribution in [3.8, 4) is 11.8 Å². The van der Waals surface area contributed by atoms with Crippen LogP contribution in [0.1, 0.15) is 60.7 Å². The van der Waals surface area contributed by atoms with E-state index in [-0.39, 0.29) is 35.3 Å². The van der Waals surface area contributed by atoms with Gasteiger partial charge in [-0.25, -0.2) is 9.78 Å². The van der Waals surface area contributed by atoms with Crippen molar-refractivity contribution >= 4 is 17.7 Å². The summed E-state index contributed by atoms with van der Waals surface area (Å²) in [5.74, 6) is -0.728. The number of ether oxygens (including phenoxy) is 2. The normalized spacial score (nSPS) is 13.9. The number of amides is 1.